The molecule has 0 spiro atoms. The fourth-order valence-electron chi connectivity index (χ4n) is 8.15. The zero-order chi connectivity index (χ0) is 34.8. The molecule has 9 unspecified atom stereocenters. The molecule has 15 heteroatoms. The molecule has 15 atom stereocenters. The highest BCUT2D eigenvalue weighted by Crippen LogP contribution is 2.38. The van der Waals surface area contributed by atoms with E-state index in [0.29, 0.717) is 32.2 Å². The molecule has 0 aromatic carbocycles. The Morgan fingerprint density at radius 2 is 1.13 bits per heavy atom. The average Bonchev–Trinajstić information content (AvgIpc) is 3.03. The third kappa shape index (κ3) is 10.3. The largest absolute Gasteiger partial charge is 0.396 e. The minimum atomic E-state index is -1.27. The van der Waals surface area contributed by atoms with Crippen molar-refractivity contribution in [2.45, 2.75) is 95.1 Å². The molecule has 0 heterocycles. The van der Waals surface area contributed by atoms with Crippen LogP contribution in [-0.2, 0) is 19.1 Å². The van der Waals surface area contributed by atoms with Gasteiger partial charge >= 0.3 is 0 Å². The van der Waals surface area contributed by atoms with Gasteiger partial charge in [0.1, 0.15) is 6.10 Å². The molecule has 11 N–H and O–H groups in total. The normalized spacial score (nSPS) is 41.0. The lowest BCUT2D eigenvalue weighted by molar-refractivity contribution is -0.130. The summed E-state index contributed by atoms with van der Waals surface area (Å²) < 4.78 is 12.0. The van der Waals surface area contributed by atoms with E-state index in [0.717, 1.165) is 0 Å². The highest BCUT2D eigenvalue weighted by molar-refractivity contribution is 5.73. The van der Waals surface area contributed by atoms with E-state index in [4.69, 9.17) is 9.47 Å². The van der Waals surface area contributed by atoms with Gasteiger partial charge in [-0.05, 0) is 50.0 Å². The van der Waals surface area contributed by atoms with Crippen LogP contribution in [0.1, 0.15) is 46.5 Å². The topological polar surface area (TPSA) is 251 Å². The van der Waals surface area contributed by atoms with E-state index < -0.39 is 66.4 Å². The van der Waals surface area contributed by atoms with Gasteiger partial charge in [0, 0.05) is 63.9 Å². The summed E-state index contributed by atoms with van der Waals surface area (Å²) in [6, 6.07) is -1.99. The van der Waals surface area contributed by atoms with Crippen molar-refractivity contribution >= 4 is 11.8 Å². The first kappa shape index (κ1) is 39.9. The smallest absolute Gasteiger partial charge is 0.217 e. The van der Waals surface area contributed by atoms with Crippen LogP contribution in [0.4, 0.5) is 0 Å². The number of likely N-dealkylation sites (N-methyl/N-ethyl adjacent to an activating group) is 1. The Labute approximate surface area is 277 Å². The molecular formula is C32H59N3O12. The van der Waals surface area contributed by atoms with Crippen molar-refractivity contribution in [1.82, 2.24) is 16.0 Å². The lowest BCUT2D eigenvalue weighted by Gasteiger charge is -2.46. The second-order valence-electron chi connectivity index (χ2n) is 13.8. The fraction of sp³-hybridized carbons (Fsp3) is 0.938. The van der Waals surface area contributed by atoms with Crippen LogP contribution >= 0.6 is 0 Å². The van der Waals surface area contributed by atoms with Gasteiger partial charge in [-0.25, -0.2) is 0 Å². The Balaban J connectivity index is 1.61. The summed E-state index contributed by atoms with van der Waals surface area (Å²) in [4.78, 5) is 23.9. The molecule has 0 saturated heterocycles. The number of hydrogen-bond donors (Lipinski definition) is 11. The standard InChI is InChI=1S/C32H59N3O12/c1-4-33-28-25(41)9-19(11-37)24(31(28)44)15-47-14-21-7-18(10-36)23(30(43)26(21)34-16(2)39)5-6-46-13-22-8-20(12-38)29(42)32(45)27(22)35-17(3)40/h18-33,36-38,41-45H,4-15H2,1-3H3,(H,34,39)(H,35,40)/t18?,19?,20?,21-,22-,23-,24-,25+,26?,27?,28?,29-,30?,31?,32?/m0/s1. The molecule has 3 fully saturated rings. The van der Waals surface area contributed by atoms with E-state index >= 15 is 0 Å². The number of aliphatic hydroxyl groups is 8. The molecule has 274 valence electrons. The molecule has 0 aromatic rings. The van der Waals surface area contributed by atoms with Crippen molar-refractivity contribution in [1.29, 1.82) is 0 Å². The van der Waals surface area contributed by atoms with E-state index in [1.165, 1.54) is 13.8 Å². The maximum Gasteiger partial charge on any atom is 0.217 e. The summed E-state index contributed by atoms with van der Waals surface area (Å²) in [6.07, 6.45) is -3.82. The molecule has 0 aromatic heterocycles. The Bertz CT molecular complexity index is 964. The molecule has 3 saturated carbocycles. The van der Waals surface area contributed by atoms with Crippen molar-refractivity contribution in [3.63, 3.8) is 0 Å². The fourth-order valence-corrected chi connectivity index (χ4v) is 8.15. The average molecular weight is 678 g/mol. The Morgan fingerprint density at radius 1 is 0.617 bits per heavy atom. The van der Waals surface area contributed by atoms with Gasteiger partial charge in [0.05, 0.1) is 62.4 Å². The molecule has 47 heavy (non-hydrogen) atoms. The first-order valence-corrected chi connectivity index (χ1v) is 17.0. The minimum absolute atomic E-state index is 0.102. The second-order valence-corrected chi connectivity index (χ2v) is 13.8. The van der Waals surface area contributed by atoms with E-state index in [-0.39, 0.29) is 81.7 Å². The Hall–Kier alpha value is -1.50. The van der Waals surface area contributed by atoms with Crippen LogP contribution in [0.15, 0.2) is 0 Å². The molecule has 3 rings (SSSR count). The van der Waals surface area contributed by atoms with Gasteiger partial charge in [-0.15, -0.1) is 0 Å². The minimum Gasteiger partial charge on any atom is -0.396 e. The SMILES string of the molecule is CCNC1C(O)[C@@H](COC[C@@H]2CC(CO)[C@H](CCOC[C@@H]3CC(CO)[C@H](O)C(O)C3NC(C)=O)C(O)C2NC(C)=O)C(CO)C[C@H]1O. The van der Waals surface area contributed by atoms with Crippen LogP contribution in [0.3, 0.4) is 0 Å². The zero-order valence-electron chi connectivity index (χ0n) is 27.9. The van der Waals surface area contributed by atoms with E-state index in [1.54, 1.807) is 0 Å². The first-order valence-electron chi connectivity index (χ1n) is 17.0. The van der Waals surface area contributed by atoms with E-state index in [9.17, 15) is 50.4 Å². The van der Waals surface area contributed by atoms with Gasteiger partial charge < -0.3 is 66.3 Å². The number of hydrogen-bond acceptors (Lipinski definition) is 13. The highest BCUT2D eigenvalue weighted by atomic mass is 16.5. The lowest BCUT2D eigenvalue weighted by atomic mass is 9.68. The molecule has 3 aliphatic rings. The van der Waals surface area contributed by atoms with Crippen molar-refractivity contribution in [3.8, 4) is 0 Å². The zero-order valence-corrected chi connectivity index (χ0v) is 27.9. The summed E-state index contributed by atoms with van der Waals surface area (Å²) in [5.74, 6) is -3.56. The number of ether oxygens (including phenoxy) is 2. The van der Waals surface area contributed by atoms with Crippen LogP contribution < -0.4 is 16.0 Å². The molecule has 0 radical (unpaired) electrons. The summed E-state index contributed by atoms with van der Waals surface area (Å²) in [5, 5.41) is 92.4. The van der Waals surface area contributed by atoms with Gasteiger partial charge in [-0.1, -0.05) is 6.92 Å². The van der Waals surface area contributed by atoms with Crippen LogP contribution in [0.25, 0.3) is 0 Å². The molecular weight excluding hydrogens is 618 g/mol. The molecule has 2 amide bonds. The summed E-state index contributed by atoms with van der Waals surface area (Å²) in [5.41, 5.74) is 0. The van der Waals surface area contributed by atoms with E-state index in [1.807, 2.05) is 6.92 Å². The molecule has 0 aliphatic heterocycles. The molecule has 15 nitrogen and oxygen atoms in total. The number of aliphatic hydroxyl groups excluding tert-OH is 8. The molecule has 0 bridgehead atoms. The lowest BCUT2D eigenvalue weighted by Crippen LogP contribution is -2.59. The monoisotopic (exact) mass is 677 g/mol. The third-order valence-corrected chi connectivity index (χ3v) is 10.7. The van der Waals surface area contributed by atoms with E-state index in [2.05, 4.69) is 16.0 Å². The van der Waals surface area contributed by atoms with Crippen LogP contribution in [0.2, 0.25) is 0 Å². The van der Waals surface area contributed by atoms with Crippen LogP contribution in [0, 0.1) is 41.4 Å². The van der Waals surface area contributed by atoms with Gasteiger partial charge in [-0.2, -0.15) is 0 Å². The van der Waals surface area contributed by atoms with Gasteiger partial charge in [-0.3, -0.25) is 9.59 Å². The summed E-state index contributed by atoms with van der Waals surface area (Å²) in [6.45, 7) is 4.88. The second kappa shape index (κ2) is 19.0. The van der Waals surface area contributed by atoms with Crippen LogP contribution in [0.5, 0.6) is 0 Å². The van der Waals surface area contributed by atoms with Crippen molar-refractivity contribution < 1.29 is 59.9 Å². The number of amides is 2. The first-order chi connectivity index (χ1) is 22.4. The van der Waals surface area contributed by atoms with Gasteiger partial charge in [0.25, 0.3) is 0 Å². The summed E-state index contributed by atoms with van der Waals surface area (Å²) >= 11 is 0. The molecule has 3 aliphatic carbocycles. The van der Waals surface area contributed by atoms with Gasteiger partial charge in [0.15, 0.2) is 0 Å². The van der Waals surface area contributed by atoms with Crippen molar-refractivity contribution in [3.05, 3.63) is 0 Å². The highest BCUT2D eigenvalue weighted by Gasteiger charge is 2.47. The quantitative estimate of drug-likeness (QED) is 0.0718. The Morgan fingerprint density at radius 3 is 1.68 bits per heavy atom. The maximum atomic E-state index is 12.2. The van der Waals surface area contributed by atoms with Crippen molar-refractivity contribution in [2.75, 3.05) is 52.8 Å². The number of nitrogens with one attached hydrogen (secondary N) is 3. The number of carbonyl (C=O) groups excluding carboxylic acids is 2. The predicted molar refractivity (Wildman–Crippen MR) is 169 cm³/mol. The third-order valence-electron chi connectivity index (χ3n) is 10.7. The number of rotatable bonds is 16. The number of carbonyl (C=O) groups is 2. The summed E-state index contributed by atoms with van der Waals surface area (Å²) in [7, 11) is 0. The van der Waals surface area contributed by atoms with Crippen molar-refractivity contribution in [2.24, 2.45) is 41.4 Å². The maximum absolute atomic E-state index is 12.2. The van der Waals surface area contributed by atoms with Crippen LogP contribution in [-0.4, -0.2) is 154 Å². The predicted octanol–water partition coefficient (Wildman–Crippen LogP) is -3.30. The van der Waals surface area contributed by atoms with Gasteiger partial charge in [0.2, 0.25) is 11.8 Å². The Kier molecular flexibility index (Phi) is 16.2.